The lowest BCUT2D eigenvalue weighted by atomic mass is 10.1. The number of benzene rings is 6. The summed E-state index contributed by atoms with van der Waals surface area (Å²) in [7, 11) is 0. The van der Waals surface area contributed by atoms with Gasteiger partial charge in [-0.1, -0.05) is 133 Å². The maximum absolute atomic E-state index is 5.35. The van der Waals surface area contributed by atoms with Crippen molar-refractivity contribution >= 4 is 43.9 Å². The van der Waals surface area contributed by atoms with Crippen LogP contribution in [-0.2, 0) is 0 Å². The fourth-order valence-corrected chi connectivity index (χ4v) is 7.38. The van der Waals surface area contributed by atoms with Crippen molar-refractivity contribution in [3.8, 4) is 39.8 Å². The second-order valence-electron chi connectivity index (χ2n) is 12.3. The molecule has 10 rings (SSSR count). The molecule has 0 fully saturated rings. The Kier molecular flexibility index (Phi) is 6.11. The van der Waals surface area contributed by atoms with Gasteiger partial charge in [-0.15, -0.1) is 0 Å². The van der Waals surface area contributed by atoms with Crippen LogP contribution in [0.4, 0.5) is 0 Å². The largest absolute Gasteiger partial charge is 0.306 e. The minimum Gasteiger partial charge on any atom is -0.306 e. The molecule has 0 aliphatic carbocycles. The van der Waals surface area contributed by atoms with E-state index in [0.29, 0.717) is 5.95 Å². The highest BCUT2D eigenvalue weighted by Gasteiger charge is 2.28. The molecule has 0 amide bonds. The molecule has 10 aromatic rings. The van der Waals surface area contributed by atoms with Crippen LogP contribution in [0.1, 0.15) is 0 Å². The standard InChI is InChI=1S/C44H29N5/c1-5-17-30(18-6-1)36-29-37(31-19-7-2-8-20-31)46-44(45-36)49-39-28-16-14-26-35(39)41-43(49)42-40(48(41)33-23-11-4-12-24-33)34-25-13-15-27-38(34)47(42)32-21-9-3-10-22-32/h1-29H. The zero-order chi connectivity index (χ0) is 32.3. The van der Waals surface area contributed by atoms with Crippen molar-refractivity contribution in [3.05, 3.63) is 176 Å². The highest BCUT2D eigenvalue weighted by molar-refractivity contribution is 6.25. The van der Waals surface area contributed by atoms with Gasteiger partial charge in [0.15, 0.2) is 0 Å². The van der Waals surface area contributed by atoms with Gasteiger partial charge >= 0.3 is 0 Å². The van der Waals surface area contributed by atoms with Crippen LogP contribution in [0.5, 0.6) is 0 Å². The van der Waals surface area contributed by atoms with Crippen molar-refractivity contribution in [3.63, 3.8) is 0 Å². The Balaban J connectivity index is 1.44. The van der Waals surface area contributed by atoms with Gasteiger partial charge < -0.3 is 9.13 Å². The summed E-state index contributed by atoms with van der Waals surface area (Å²) in [5, 5.41) is 2.32. The van der Waals surface area contributed by atoms with E-state index in [4.69, 9.17) is 9.97 Å². The van der Waals surface area contributed by atoms with E-state index in [1.165, 1.54) is 5.39 Å². The Morgan fingerprint density at radius 1 is 0.327 bits per heavy atom. The predicted octanol–water partition coefficient (Wildman–Crippen LogP) is 10.8. The maximum atomic E-state index is 5.35. The van der Waals surface area contributed by atoms with E-state index < -0.39 is 0 Å². The Morgan fingerprint density at radius 2 is 0.714 bits per heavy atom. The highest BCUT2D eigenvalue weighted by Crippen LogP contribution is 2.45. The van der Waals surface area contributed by atoms with Gasteiger partial charge in [0.05, 0.1) is 39.0 Å². The monoisotopic (exact) mass is 627 g/mol. The Bertz CT molecular complexity index is 2740. The Labute approximate surface area is 282 Å². The van der Waals surface area contributed by atoms with E-state index in [2.05, 4.69) is 177 Å². The van der Waals surface area contributed by atoms with Gasteiger partial charge in [0.2, 0.25) is 5.95 Å². The molecule has 0 saturated carbocycles. The summed E-state index contributed by atoms with van der Waals surface area (Å²) in [5.41, 5.74) is 12.7. The maximum Gasteiger partial charge on any atom is 0.235 e. The summed E-state index contributed by atoms with van der Waals surface area (Å²) < 4.78 is 7.12. The summed E-state index contributed by atoms with van der Waals surface area (Å²) in [4.78, 5) is 10.7. The van der Waals surface area contributed by atoms with Crippen molar-refractivity contribution in [1.82, 2.24) is 23.7 Å². The molecule has 4 heterocycles. The van der Waals surface area contributed by atoms with E-state index in [1.807, 2.05) is 12.1 Å². The molecule has 5 heteroatoms. The van der Waals surface area contributed by atoms with E-state index in [-0.39, 0.29) is 0 Å². The summed E-state index contributed by atoms with van der Waals surface area (Å²) in [6.45, 7) is 0. The number of hydrogen-bond donors (Lipinski definition) is 0. The van der Waals surface area contributed by atoms with Gasteiger partial charge in [-0.2, -0.15) is 0 Å². The van der Waals surface area contributed by atoms with Crippen LogP contribution in [0.15, 0.2) is 176 Å². The molecule has 0 aliphatic heterocycles. The van der Waals surface area contributed by atoms with E-state index in [9.17, 15) is 0 Å². The van der Waals surface area contributed by atoms with Crippen LogP contribution >= 0.6 is 0 Å². The first-order chi connectivity index (χ1) is 24.3. The second kappa shape index (κ2) is 10.9. The van der Waals surface area contributed by atoms with E-state index in [1.54, 1.807) is 0 Å². The number of para-hydroxylation sites is 4. The first kappa shape index (κ1) is 27.4. The first-order valence-electron chi connectivity index (χ1n) is 16.5. The molecular weight excluding hydrogens is 599 g/mol. The quantitative estimate of drug-likeness (QED) is 0.190. The van der Waals surface area contributed by atoms with Crippen LogP contribution in [-0.4, -0.2) is 23.7 Å². The number of hydrogen-bond acceptors (Lipinski definition) is 2. The summed E-state index contributed by atoms with van der Waals surface area (Å²) in [6, 6.07) is 61.6. The smallest absolute Gasteiger partial charge is 0.235 e. The fraction of sp³-hybridized carbons (Fsp3) is 0. The molecule has 49 heavy (non-hydrogen) atoms. The molecule has 0 atom stereocenters. The molecule has 6 aromatic carbocycles. The normalized spacial score (nSPS) is 11.7. The molecule has 230 valence electrons. The molecule has 5 nitrogen and oxygen atoms in total. The minimum absolute atomic E-state index is 0.628. The van der Waals surface area contributed by atoms with Gasteiger partial charge in [-0.25, -0.2) is 9.97 Å². The molecule has 0 radical (unpaired) electrons. The summed E-state index contributed by atoms with van der Waals surface area (Å²) in [6.07, 6.45) is 0. The van der Waals surface area contributed by atoms with Crippen LogP contribution in [0, 0.1) is 0 Å². The summed E-state index contributed by atoms with van der Waals surface area (Å²) >= 11 is 0. The van der Waals surface area contributed by atoms with Crippen molar-refractivity contribution < 1.29 is 0 Å². The van der Waals surface area contributed by atoms with Crippen molar-refractivity contribution in [2.24, 2.45) is 0 Å². The third-order valence-corrected chi connectivity index (χ3v) is 9.45. The predicted molar refractivity (Wildman–Crippen MR) is 201 cm³/mol. The van der Waals surface area contributed by atoms with Gasteiger partial charge in [-0.05, 0) is 42.5 Å². The van der Waals surface area contributed by atoms with E-state index in [0.717, 1.165) is 72.4 Å². The molecule has 0 saturated heterocycles. The number of rotatable bonds is 5. The molecule has 0 bridgehead atoms. The molecular formula is C44H29N5. The van der Waals surface area contributed by atoms with Gasteiger partial charge in [0.1, 0.15) is 5.52 Å². The average Bonchev–Trinajstić information content (AvgIpc) is 3.81. The van der Waals surface area contributed by atoms with Crippen LogP contribution in [0.2, 0.25) is 0 Å². The lowest BCUT2D eigenvalue weighted by Crippen LogP contribution is -2.04. The van der Waals surface area contributed by atoms with Gasteiger partial charge in [0, 0.05) is 33.3 Å². The average molecular weight is 628 g/mol. The topological polar surface area (TPSA) is 40.6 Å². The van der Waals surface area contributed by atoms with Gasteiger partial charge in [0.25, 0.3) is 0 Å². The van der Waals surface area contributed by atoms with Crippen molar-refractivity contribution in [1.29, 1.82) is 0 Å². The van der Waals surface area contributed by atoms with E-state index >= 15 is 0 Å². The van der Waals surface area contributed by atoms with Crippen LogP contribution in [0.25, 0.3) is 83.7 Å². The van der Waals surface area contributed by atoms with Crippen LogP contribution in [0.3, 0.4) is 0 Å². The second-order valence-corrected chi connectivity index (χ2v) is 12.3. The zero-order valence-corrected chi connectivity index (χ0v) is 26.5. The Morgan fingerprint density at radius 3 is 1.22 bits per heavy atom. The molecule has 0 aliphatic rings. The zero-order valence-electron chi connectivity index (χ0n) is 26.5. The third kappa shape index (κ3) is 4.19. The first-order valence-corrected chi connectivity index (χ1v) is 16.5. The number of fused-ring (bicyclic) bond motifs is 7. The number of aromatic nitrogens is 5. The lowest BCUT2D eigenvalue weighted by molar-refractivity contribution is 0.995. The molecule has 0 unspecified atom stereocenters. The lowest BCUT2D eigenvalue weighted by Gasteiger charge is -2.12. The minimum atomic E-state index is 0.628. The van der Waals surface area contributed by atoms with Crippen LogP contribution < -0.4 is 0 Å². The highest BCUT2D eigenvalue weighted by atomic mass is 15.2. The van der Waals surface area contributed by atoms with Crippen molar-refractivity contribution in [2.75, 3.05) is 0 Å². The molecule has 4 aromatic heterocycles. The van der Waals surface area contributed by atoms with Gasteiger partial charge in [-0.3, -0.25) is 4.57 Å². The SMILES string of the molecule is c1ccc(-c2cc(-c3ccccc3)nc(-n3c4ccccc4c4c3c3c(c5ccccc5n3-c3ccccc3)n4-c3ccccc3)n2)cc1. The summed E-state index contributed by atoms with van der Waals surface area (Å²) in [5.74, 6) is 0.628. The molecule has 0 N–H and O–H groups in total. The molecule has 0 spiro atoms. The van der Waals surface area contributed by atoms with Crippen molar-refractivity contribution in [2.45, 2.75) is 0 Å². The fourth-order valence-electron chi connectivity index (χ4n) is 7.38. The number of nitrogens with zero attached hydrogens (tertiary/aromatic N) is 5. The third-order valence-electron chi connectivity index (χ3n) is 9.45. The Hall–Kier alpha value is -6.72.